The molecule has 0 aromatic carbocycles. The van der Waals surface area contributed by atoms with E-state index in [4.69, 9.17) is 12.3 Å². The Morgan fingerprint density at radius 2 is 0.857 bits per heavy atom. The summed E-state index contributed by atoms with van der Waals surface area (Å²) >= 11 is 0. The van der Waals surface area contributed by atoms with Crippen LogP contribution in [0.15, 0.2) is 0 Å². The van der Waals surface area contributed by atoms with Crippen molar-refractivity contribution in [3.8, 4) is 0 Å². The average Bonchev–Trinajstić information content (AvgIpc) is 2.06. The van der Waals surface area contributed by atoms with Crippen molar-refractivity contribution in [3.63, 3.8) is 0 Å². The molecule has 0 radical (unpaired) electrons. The van der Waals surface area contributed by atoms with E-state index >= 15 is 0 Å². The maximum Gasteiger partial charge on any atom is 0.502 e. The number of hydrogen-bond donors (Lipinski definition) is 2. The zero-order valence-corrected chi connectivity index (χ0v) is 19.3. The zero-order chi connectivity index (χ0) is 17.3. The van der Waals surface area contributed by atoms with Gasteiger partial charge in [0.05, 0.1) is 6.10 Å². The number of rotatable bonds is 8. The Morgan fingerprint density at radius 1 is 0.619 bits per heavy atom. The van der Waals surface area contributed by atoms with Gasteiger partial charge in [-0.3, -0.25) is 0 Å². The summed E-state index contributed by atoms with van der Waals surface area (Å²) < 4.78 is 18.9. The van der Waals surface area contributed by atoms with Gasteiger partial charge in [0.2, 0.25) is 0 Å². The lowest BCUT2D eigenvalue weighted by atomic mass is 10.4. The summed E-state index contributed by atoms with van der Waals surface area (Å²) in [5, 5.41) is 20.6. The fourth-order valence-electron chi connectivity index (χ4n) is 1.82. The molecule has 0 amide bonds. The highest BCUT2D eigenvalue weighted by atomic mass is 28.5. The molecule has 2 N–H and O–H groups in total. The summed E-state index contributed by atoms with van der Waals surface area (Å²) in [4.78, 5) is 0. The van der Waals surface area contributed by atoms with E-state index in [1.165, 1.54) is 0 Å². The van der Waals surface area contributed by atoms with E-state index < -0.39 is 45.6 Å². The molecule has 0 aliphatic heterocycles. The van der Waals surface area contributed by atoms with Gasteiger partial charge in [-0.1, -0.05) is 0 Å². The van der Waals surface area contributed by atoms with Gasteiger partial charge in [-0.15, -0.1) is 0 Å². The van der Waals surface area contributed by atoms with Crippen molar-refractivity contribution in [2.24, 2.45) is 0 Å². The molecule has 0 saturated heterocycles. The molecule has 0 fully saturated rings. The average molecular weight is 371 g/mol. The van der Waals surface area contributed by atoms with E-state index in [1.54, 1.807) is 6.92 Å². The minimum absolute atomic E-state index is 0.944. The molecule has 0 aromatic heterocycles. The highest BCUT2D eigenvalue weighted by Gasteiger charge is 2.57. The van der Waals surface area contributed by atoms with Crippen molar-refractivity contribution >= 4 is 33.8 Å². The van der Waals surface area contributed by atoms with Gasteiger partial charge in [0.25, 0.3) is 0 Å². The Bertz CT molecular complexity index is 289. The summed E-state index contributed by atoms with van der Waals surface area (Å²) in [6.45, 7) is 20.0. The zero-order valence-electron chi connectivity index (χ0n) is 15.3. The summed E-state index contributed by atoms with van der Waals surface area (Å²) in [7, 11) is -9.42. The van der Waals surface area contributed by atoms with Crippen LogP contribution in [0.4, 0.5) is 0 Å². The molecule has 0 aliphatic rings. The minimum Gasteiger partial charge on any atom is -0.415 e. The molecule has 2 unspecified atom stereocenters. The van der Waals surface area contributed by atoms with Crippen LogP contribution < -0.4 is 0 Å². The first-order valence-electron chi connectivity index (χ1n) is 7.44. The lowest BCUT2D eigenvalue weighted by Gasteiger charge is -2.45. The summed E-state index contributed by atoms with van der Waals surface area (Å²) in [5.74, 6) is 0. The van der Waals surface area contributed by atoms with Crippen LogP contribution in [0.25, 0.3) is 0 Å². The third-order valence-corrected chi connectivity index (χ3v) is 14.1. The van der Waals surface area contributed by atoms with Gasteiger partial charge >= 0.3 is 8.80 Å². The monoisotopic (exact) mass is 370 g/mol. The lowest BCUT2D eigenvalue weighted by molar-refractivity contribution is 0.0326. The van der Waals surface area contributed by atoms with Crippen LogP contribution in [0.1, 0.15) is 6.92 Å². The largest absolute Gasteiger partial charge is 0.502 e. The van der Waals surface area contributed by atoms with Crippen LogP contribution in [-0.2, 0) is 12.3 Å². The van der Waals surface area contributed by atoms with E-state index in [2.05, 4.69) is 0 Å². The van der Waals surface area contributed by atoms with Gasteiger partial charge < -0.3 is 22.6 Å². The highest BCUT2D eigenvalue weighted by Crippen LogP contribution is 2.29. The van der Waals surface area contributed by atoms with Crippen molar-refractivity contribution in [1.82, 2.24) is 0 Å². The van der Waals surface area contributed by atoms with Gasteiger partial charge in [-0.05, 0) is 65.8 Å². The summed E-state index contributed by atoms with van der Waals surface area (Å²) in [6, 6.07) is 0. The molecule has 128 valence electrons. The first-order valence-corrected chi connectivity index (χ1v) is 19.5. The highest BCUT2D eigenvalue weighted by molar-refractivity contribution is 6.90. The second kappa shape index (κ2) is 7.05. The standard InChI is InChI=1S/C12H34O5Si4/c1-11(13)12(14)21(15-18(2,3)4,16-19(5,6)7)17-20(8,9)10/h11-14H,1-10H3. The Morgan fingerprint density at radius 3 is 1.00 bits per heavy atom. The SMILES string of the molecule is CC(O)C(O)[Si](O[Si](C)(C)C)(O[Si](C)(C)C)O[Si](C)(C)C. The summed E-state index contributed by atoms with van der Waals surface area (Å²) in [6.07, 6.45) is -0.944. The van der Waals surface area contributed by atoms with Crippen LogP contribution in [0.5, 0.6) is 0 Å². The Balaban J connectivity index is 5.81. The number of hydrogen-bond acceptors (Lipinski definition) is 5. The molecule has 0 spiro atoms. The Labute approximate surface area is 134 Å². The van der Waals surface area contributed by atoms with Gasteiger partial charge in [0.15, 0.2) is 25.0 Å². The van der Waals surface area contributed by atoms with Crippen LogP contribution in [0.3, 0.4) is 0 Å². The molecule has 0 saturated carbocycles. The number of aliphatic hydroxyl groups excluding tert-OH is 2. The van der Waals surface area contributed by atoms with Gasteiger partial charge in [-0.2, -0.15) is 0 Å². The topological polar surface area (TPSA) is 68.2 Å². The fourth-order valence-corrected chi connectivity index (χ4v) is 15.7. The Hall–Kier alpha value is 0.668. The lowest BCUT2D eigenvalue weighted by Crippen LogP contribution is -2.69. The van der Waals surface area contributed by atoms with Crippen LogP contribution in [0, 0.1) is 0 Å². The van der Waals surface area contributed by atoms with Crippen LogP contribution >= 0.6 is 0 Å². The molecule has 0 aliphatic carbocycles. The maximum atomic E-state index is 10.6. The maximum absolute atomic E-state index is 10.6. The molecule has 0 rings (SSSR count). The first kappa shape index (κ1) is 21.7. The molecule has 2 atom stereocenters. The second-order valence-electron chi connectivity index (χ2n) is 8.43. The summed E-state index contributed by atoms with van der Waals surface area (Å²) in [5.41, 5.74) is -1.11. The Kier molecular flexibility index (Phi) is 7.28. The quantitative estimate of drug-likeness (QED) is 0.643. The first-order chi connectivity index (χ1) is 8.98. The van der Waals surface area contributed by atoms with Gasteiger partial charge in [0, 0.05) is 0 Å². The predicted octanol–water partition coefficient (Wildman–Crippen LogP) is 2.76. The van der Waals surface area contributed by atoms with Crippen molar-refractivity contribution in [2.45, 2.75) is 77.7 Å². The van der Waals surface area contributed by atoms with Crippen molar-refractivity contribution in [3.05, 3.63) is 0 Å². The molecule has 0 heterocycles. The van der Waals surface area contributed by atoms with E-state index in [1.807, 2.05) is 58.9 Å². The molecule has 9 heteroatoms. The molecule has 0 bridgehead atoms. The molecule has 5 nitrogen and oxygen atoms in total. The molecule has 21 heavy (non-hydrogen) atoms. The third-order valence-electron chi connectivity index (χ3n) is 2.16. The van der Waals surface area contributed by atoms with Crippen molar-refractivity contribution in [1.29, 1.82) is 0 Å². The van der Waals surface area contributed by atoms with E-state index in [9.17, 15) is 10.2 Å². The molecule has 0 aromatic rings. The van der Waals surface area contributed by atoms with Crippen molar-refractivity contribution < 1.29 is 22.6 Å². The van der Waals surface area contributed by atoms with Gasteiger partial charge in [-0.25, -0.2) is 0 Å². The van der Waals surface area contributed by atoms with Crippen LogP contribution in [-0.4, -0.2) is 55.8 Å². The van der Waals surface area contributed by atoms with E-state index in [0.29, 0.717) is 0 Å². The normalized spacial score (nSPS) is 17.7. The second-order valence-corrected chi connectivity index (χ2v) is 25.4. The third kappa shape index (κ3) is 8.76. The van der Waals surface area contributed by atoms with Crippen LogP contribution in [0.2, 0.25) is 58.9 Å². The predicted molar refractivity (Wildman–Crippen MR) is 96.7 cm³/mol. The van der Waals surface area contributed by atoms with E-state index in [-0.39, 0.29) is 0 Å². The molecular weight excluding hydrogens is 336 g/mol. The smallest absolute Gasteiger partial charge is 0.415 e. The van der Waals surface area contributed by atoms with E-state index in [0.717, 1.165) is 0 Å². The van der Waals surface area contributed by atoms with Crippen molar-refractivity contribution in [2.75, 3.05) is 0 Å². The molecular formula is C12H34O5Si4. The minimum atomic E-state index is -3.38. The number of aliphatic hydroxyl groups is 2. The fraction of sp³-hybridized carbons (Fsp3) is 1.00. The van der Waals surface area contributed by atoms with Gasteiger partial charge in [0.1, 0.15) is 5.73 Å².